The minimum absolute atomic E-state index is 0.817. The number of benzene rings is 1. The maximum atomic E-state index is 6.21. The average molecular weight is 346 g/mol. The monoisotopic (exact) mass is 344 g/mol. The summed E-state index contributed by atoms with van der Waals surface area (Å²) in [5.41, 5.74) is 1.18. The van der Waals surface area contributed by atoms with Gasteiger partial charge in [-0.1, -0.05) is 40.5 Å². The summed E-state index contributed by atoms with van der Waals surface area (Å²) in [5, 5.41) is 4.38. The molecule has 0 amide bonds. The van der Waals surface area contributed by atoms with Crippen LogP contribution in [0, 0.1) is 5.92 Å². The summed E-state index contributed by atoms with van der Waals surface area (Å²) in [6.07, 6.45) is 2.63. The van der Waals surface area contributed by atoms with Crippen molar-refractivity contribution in [2.45, 2.75) is 26.3 Å². The fourth-order valence-corrected chi connectivity index (χ4v) is 3.32. The lowest BCUT2D eigenvalue weighted by Crippen LogP contribution is -2.36. The Balaban J connectivity index is 1.72. The van der Waals surface area contributed by atoms with E-state index in [-0.39, 0.29) is 0 Å². The van der Waals surface area contributed by atoms with E-state index in [1.54, 1.807) is 0 Å². The molecular formula is C15H22BrClN2. The van der Waals surface area contributed by atoms with E-state index in [0.717, 1.165) is 28.5 Å². The molecule has 0 aromatic heterocycles. The number of hydrogen-bond acceptors (Lipinski definition) is 2. The van der Waals surface area contributed by atoms with Gasteiger partial charge in [-0.25, -0.2) is 0 Å². The van der Waals surface area contributed by atoms with Crippen LogP contribution in [0.2, 0.25) is 5.02 Å². The van der Waals surface area contributed by atoms with Crippen molar-refractivity contribution in [2.24, 2.45) is 5.92 Å². The molecule has 1 fully saturated rings. The molecule has 1 aromatic rings. The molecule has 0 spiro atoms. The molecule has 1 N–H and O–H groups in total. The Labute approximate surface area is 129 Å². The third-order valence-electron chi connectivity index (χ3n) is 3.92. The van der Waals surface area contributed by atoms with Gasteiger partial charge in [-0.2, -0.15) is 0 Å². The van der Waals surface area contributed by atoms with E-state index in [1.807, 2.05) is 12.1 Å². The standard InChI is InChI=1S/C15H22BrClN2/c1-2-19-7-5-12(6-8-19)10-18-11-13-3-4-14(16)9-15(13)17/h3-4,9,12,18H,2,5-8,10-11H2,1H3. The van der Waals surface area contributed by atoms with Crippen LogP contribution in [0.5, 0.6) is 0 Å². The zero-order valence-corrected chi connectivity index (χ0v) is 13.8. The Morgan fingerprint density at radius 1 is 1.37 bits per heavy atom. The molecule has 0 radical (unpaired) electrons. The summed E-state index contributed by atoms with van der Waals surface area (Å²) in [7, 11) is 0. The topological polar surface area (TPSA) is 15.3 Å². The van der Waals surface area contributed by atoms with Crippen LogP contribution in [0.3, 0.4) is 0 Å². The highest BCUT2D eigenvalue weighted by atomic mass is 79.9. The van der Waals surface area contributed by atoms with Crippen LogP contribution in [-0.2, 0) is 6.54 Å². The Morgan fingerprint density at radius 2 is 2.11 bits per heavy atom. The molecule has 2 nitrogen and oxygen atoms in total. The lowest BCUT2D eigenvalue weighted by atomic mass is 9.97. The van der Waals surface area contributed by atoms with Crippen molar-refractivity contribution in [3.8, 4) is 0 Å². The number of piperidine rings is 1. The SMILES string of the molecule is CCN1CCC(CNCc2ccc(Br)cc2Cl)CC1. The summed E-state index contributed by atoms with van der Waals surface area (Å²) in [6, 6.07) is 6.08. The van der Waals surface area contributed by atoms with Crippen LogP contribution in [0.15, 0.2) is 22.7 Å². The predicted molar refractivity (Wildman–Crippen MR) is 85.7 cm³/mol. The van der Waals surface area contributed by atoms with Gasteiger partial charge >= 0.3 is 0 Å². The molecule has 1 aliphatic heterocycles. The number of nitrogens with zero attached hydrogens (tertiary/aromatic N) is 1. The summed E-state index contributed by atoms with van der Waals surface area (Å²) in [4.78, 5) is 2.53. The van der Waals surface area contributed by atoms with Crippen LogP contribution >= 0.6 is 27.5 Å². The van der Waals surface area contributed by atoms with Gasteiger partial charge in [-0.05, 0) is 62.6 Å². The van der Waals surface area contributed by atoms with E-state index in [9.17, 15) is 0 Å². The van der Waals surface area contributed by atoms with Crippen molar-refractivity contribution in [1.29, 1.82) is 0 Å². The van der Waals surface area contributed by atoms with Gasteiger partial charge in [0.15, 0.2) is 0 Å². The van der Waals surface area contributed by atoms with Gasteiger partial charge in [-0.15, -0.1) is 0 Å². The Morgan fingerprint density at radius 3 is 2.74 bits per heavy atom. The van der Waals surface area contributed by atoms with E-state index in [0.29, 0.717) is 0 Å². The third kappa shape index (κ3) is 4.75. The molecule has 1 heterocycles. The van der Waals surface area contributed by atoms with E-state index in [1.165, 1.54) is 38.0 Å². The van der Waals surface area contributed by atoms with E-state index >= 15 is 0 Å². The lowest BCUT2D eigenvalue weighted by Gasteiger charge is -2.31. The molecular weight excluding hydrogens is 324 g/mol. The summed E-state index contributed by atoms with van der Waals surface area (Å²) < 4.78 is 1.04. The van der Waals surface area contributed by atoms with Gasteiger partial charge < -0.3 is 10.2 Å². The number of rotatable bonds is 5. The van der Waals surface area contributed by atoms with Gasteiger partial charge in [-0.3, -0.25) is 0 Å². The van der Waals surface area contributed by atoms with E-state index in [4.69, 9.17) is 11.6 Å². The van der Waals surface area contributed by atoms with Crippen LogP contribution in [0.4, 0.5) is 0 Å². The molecule has 2 rings (SSSR count). The molecule has 1 saturated heterocycles. The van der Waals surface area contributed by atoms with Crippen LogP contribution in [0.25, 0.3) is 0 Å². The van der Waals surface area contributed by atoms with Gasteiger partial charge in [0, 0.05) is 16.0 Å². The maximum Gasteiger partial charge on any atom is 0.0462 e. The highest BCUT2D eigenvalue weighted by Crippen LogP contribution is 2.21. The molecule has 1 aromatic carbocycles. The minimum Gasteiger partial charge on any atom is -0.312 e. The van der Waals surface area contributed by atoms with Crippen molar-refractivity contribution in [1.82, 2.24) is 10.2 Å². The average Bonchev–Trinajstić information content (AvgIpc) is 2.42. The molecule has 106 valence electrons. The Kier molecular flexibility index (Phi) is 6.14. The molecule has 0 aliphatic carbocycles. The molecule has 1 aliphatic rings. The number of nitrogens with one attached hydrogen (secondary N) is 1. The summed E-state index contributed by atoms with van der Waals surface area (Å²) >= 11 is 9.64. The Bertz CT molecular complexity index is 403. The first kappa shape index (κ1) is 15.3. The molecule has 0 atom stereocenters. The van der Waals surface area contributed by atoms with Crippen molar-refractivity contribution >= 4 is 27.5 Å². The van der Waals surface area contributed by atoms with Crippen molar-refractivity contribution in [2.75, 3.05) is 26.2 Å². The zero-order valence-electron chi connectivity index (χ0n) is 11.5. The fraction of sp³-hybridized carbons (Fsp3) is 0.600. The van der Waals surface area contributed by atoms with Gasteiger partial charge in [0.05, 0.1) is 0 Å². The minimum atomic E-state index is 0.817. The first-order valence-electron chi connectivity index (χ1n) is 7.06. The predicted octanol–water partition coefficient (Wildman–Crippen LogP) is 3.92. The summed E-state index contributed by atoms with van der Waals surface area (Å²) in [5.74, 6) is 0.817. The van der Waals surface area contributed by atoms with Crippen molar-refractivity contribution in [3.05, 3.63) is 33.3 Å². The van der Waals surface area contributed by atoms with Crippen molar-refractivity contribution in [3.63, 3.8) is 0 Å². The lowest BCUT2D eigenvalue weighted by molar-refractivity contribution is 0.190. The maximum absolute atomic E-state index is 6.21. The quantitative estimate of drug-likeness (QED) is 0.870. The zero-order chi connectivity index (χ0) is 13.7. The van der Waals surface area contributed by atoms with Crippen LogP contribution < -0.4 is 5.32 Å². The Hall–Kier alpha value is -0.0900. The second kappa shape index (κ2) is 7.63. The number of halogens is 2. The molecule has 0 saturated carbocycles. The second-order valence-corrected chi connectivity index (χ2v) is 6.57. The van der Waals surface area contributed by atoms with Gasteiger partial charge in [0.1, 0.15) is 0 Å². The molecule has 0 unspecified atom stereocenters. The first-order valence-corrected chi connectivity index (χ1v) is 8.23. The molecule has 4 heteroatoms. The van der Waals surface area contributed by atoms with Crippen molar-refractivity contribution < 1.29 is 0 Å². The molecule has 19 heavy (non-hydrogen) atoms. The van der Waals surface area contributed by atoms with E-state index in [2.05, 4.69) is 39.1 Å². The fourth-order valence-electron chi connectivity index (χ4n) is 2.58. The highest BCUT2D eigenvalue weighted by Gasteiger charge is 2.17. The number of likely N-dealkylation sites (tertiary alicyclic amines) is 1. The normalized spacial score (nSPS) is 17.8. The summed E-state index contributed by atoms with van der Waals surface area (Å²) in [6.45, 7) is 7.90. The van der Waals surface area contributed by atoms with Crippen LogP contribution in [-0.4, -0.2) is 31.1 Å². The highest BCUT2D eigenvalue weighted by molar-refractivity contribution is 9.10. The van der Waals surface area contributed by atoms with E-state index < -0.39 is 0 Å². The second-order valence-electron chi connectivity index (χ2n) is 5.24. The first-order chi connectivity index (χ1) is 9.19. The number of hydrogen-bond donors (Lipinski definition) is 1. The smallest absolute Gasteiger partial charge is 0.0462 e. The third-order valence-corrected chi connectivity index (χ3v) is 4.76. The van der Waals surface area contributed by atoms with Gasteiger partial charge in [0.25, 0.3) is 0 Å². The largest absolute Gasteiger partial charge is 0.312 e. The van der Waals surface area contributed by atoms with Gasteiger partial charge in [0.2, 0.25) is 0 Å². The van der Waals surface area contributed by atoms with Crippen LogP contribution in [0.1, 0.15) is 25.3 Å². The molecule has 0 bridgehead atoms.